The summed E-state index contributed by atoms with van der Waals surface area (Å²) < 4.78 is 0. The van der Waals surface area contributed by atoms with Gasteiger partial charge in [0.25, 0.3) is 0 Å². The third kappa shape index (κ3) is 2.38. The summed E-state index contributed by atoms with van der Waals surface area (Å²) in [6.07, 6.45) is 0. The van der Waals surface area contributed by atoms with E-state index >= 15 is 0 Å². The standard InChI is InChI=1S/C18H17N/c1-13(19)15-7-4-8-17(11-15)18-10-9-14-5-2-3-6-16(14)12-18/h2-13H,19H2,1H3. The molecule has 0 bridgehead atoms. The molecule has 3 rings (SSSR count). The molecule has 0 radical (unpaired) electrons. The molecule has 0 aromatic heterocycles. The Balaban J connectivity index is 2.11. The van der Waals surface area contributed by atoms with Crippen LogP contribution >= 0.6 is 0 Å². The van der Waals surface area contributed by atoms with Crippen molar-refractivity contribution in [2.75, 3.05) is 0 Å². The molecular formula is C18H17N. The van der Waals surface area contributed by atoms with E-state index < -0.39 is 0 Å². The van der Waals surface area contributed by atoms with E-state index in [1.807, 2.05) is 6.92 Å². The van der Waals surface area contributed by atoms with Crippen LogP contribution in [0.2, 0.25) is 0 Å². The van der Waals surface area contributed by atoms with E-state index in [-0.39, 0.29) is 6.04 Å². The molecule has 19 heavy (non-hydrogen) atoms. The minimum absolute atomic E-state index is 0.0698. The highest BCUT2D eigenvalue weighted by molar-refractivity contribution is 5.87. The number of nitrogens with two attached hydrogens (primary N) is 1. The normalized spacial score (nSPS) is 12.5. The fraction of sp³-hybridized carbons (Fsp3) is 0.111. The van der Waals surface area contributed by atoms with Gasteiger partial charge in [0.05, 0.1) is 0 Å². The van der Waals surface area contributed by atoms with Gasteiger partial charge < -0.3 is 5.73 Å². The van der Waals surface area contributed by atoms with Crippen molar-refractivity contribution in [2.45, 2.75) is 13.0 Å². The molecule has 3 aromatic rings. The molecule has 0 saturated carbocycles. The predicted molar refractivity (Wildman–Crippen MR) is 82.0 cm³/mol. The molecule has 3 aromatic carbocycles. The maximum absolute atomic E-state index is 5.95. The maximum atomic E-state index is 5.95. The summed E-state index contributed by atoms with van der Waals surface area (Å²) in [5.74, 6) is 0. The molecule has 1 heteroatoms. The number of rotatable bonds is 2. The molecule has 1 unspecified atom stereocenters. The van der Waals surface area contributed by atoms with Crippen LogP contribution in [0.15, 0.2) is 66.7 Å². The van der Waals surface area contributed by atoms with Crippen molar-refractivity contribution in [3.8, 4) is 11.1 Å². The molecule has 0 saturated heterocycles. The topological polar surface area (TPSA) is 26.0 Å². The molecule has 2 N–H and O–H groups in total. The summed E-state index contributed by atoms with van der Waals surface area (Å²) in [6.45, 7) is 2.01. The average molecular weight is 247 g/mol. The van der Waals surface area contributed by atoms with E-state index in [0.29, 0.717) is 0 Å². The number of fused-ring (bicyclic) bond motifs is 1. The Morgan fingerprint density at radius 3 is 2.26 bits per heavy atom. The van der Waals surface area contributed by atoms with Crippen LogP contribution in [0.4, 0.5) is 0 Å². The molecule has 0 heterocycles. The lowest BCUT2D eigenvalue weighted by Gasteiger charge is -2.09. The Morgan fingerprint density at radius 1 is 0.737 bits per heavy atom. The summed E-state index contributed by atoms with van der Waals surface area (Å²) in [5.41, 5.74) is 9.58. The van der Waals surface area contributed by atoms with Gasteiger partial charge in [-0.3, -0.25) is 0 Å². The Hall–Kier alpha value is -2.12. The van der Waals surface area contributed by atoms with Crippen LogP contribution in [-0.4, -0.2) is 0 Å². The molecule has 0 aliphatic heterocycles. The van der Waals surface area contributed by atoms with Crippen molar-refractivity contribution in [3.63, 3.8) is 0 Å². The van der Waals surface area contributed by atoms with Crippen LogP contribution in [0, 0.1) is 0 Å². The van der Waals surface area contributed by atoms with Gasteiger partial charge in [-0.15, -0.1) is 0 Å². The first kappa shape index (κ1) is 11.9. The van der Waals surface area contributed by atoms with Crippen molar-refractivity contribution >= 4 is 10.8 Å². The van der Waals surface area contributed by atoms with Gasteiger partial charge in [0, 0.05) is 6.04 Å². The zero-order valence-corrected chi connectivity index (χ0v) is 11.0. The molecule has 94 valence electrons. The minimum atomic E-state index is 0.0698. The largest absolute Gasteiger partial charge is 0.324 e. The second-order valence-corrected chi connectivity index (χ2v) is 4.98. The number of hydrogen-bond donors (Lipinski definition) is 1. The van der Waals surface area contributed by atoms with Crippen LogP contribution in [0.25, 0.3) is 21.9 Å². The lowest BCUT2D eigenvalue weighted by atomic mass is 9.98. The molecule has 0 fully saturated rings. The average Bonchev–Trinajstić information content (AvgIpc) is 2.47. The van der Waals surface area contributed by atoms with E-state index in [1.165, 1.54) is 27.5 Å². The number of benzene rings is 3. The van der Waals surface area contributed by atoms with E-state index in [2.05, 4.69) is 66.7 Å². The summed E-state index contributed by atoms with van der Waals surface area (Å²) in [6, 6.07) is 23.5. The fourth-order valence-corrected chi connectivity index (χ4v) is 2.37. The molecule has 0 aliphatic carbocycles. The third-order valence-corrected chi connectivity index (χ3v) is 3.50. The van der Waals surface area contributed by atoms with Gasteiger partial charge in [-0.05, 0) is 46.5 Å². The fourth-order valence-electron chi connectivity index (χ4n) is 2.37. The second-order valence-electron chi connectivity index (χ2n) is 4.98. The van der Waals surface area contributed by atoms with Crippen molar-refractivity contribution < 1.29 is 0 Å². The highest BCUT2D eigenvalue weighted by Gasteiger charge is 2.03. The van der Waals surface area contributed by atoms with Gasteiger partial charge >= 0.3 is 0 Å². The van der Waals surface area contributed by atoms with Gasteiger partial charge in [-0.25, -0.2) is 0 Å². The van der Waals surface area contributed by atoms with E-state index in [1.54, 1.807) is 0 Å². The number of hydrogen-bond acceptors (Lipinski definition) is 1. The summed E-state index contributed by atoms with van der Waals surface area (Å²) in [4.78, 5) is 0. The second kappa shape index (κ2) is 4.87. The summed E-state index contributed by atoms with van der Waals surface area (Å²) in [7, 11) is 0. The van der Waals surface area contributed by atoms with Crippen molar-refractivity contribution in [2.24, 2.45) is 5.73 Å². The van der Waals surface area contributed by atoms with Gasteiger partial charge in [-0.2, -0.15) is 0 Å². The Bertz CT molecular complexity index is 713. The Kier molecular flexibility index (Phi) is 3.06. The molecule has 0 spiro atoms. The van der Waals surface area contributed by atoms with Gasteiger partial charge in [0.15, 0.2) is 0 Å². The quantitative estimate of drug-likeness (QED) is 0.707. The first-order valence-electron chi connectivity index (χ1n) is 6.59. The Labute approximate surface area is 113 Å². The molecular weight excluding hydrogens is 230 g/mol. The highest BCUT2D eigenvalue weighted by atomic mass is 14.6. The predicted octanol–water partition coefficient (Wildman–Crippen LogP) is 4.53. The van der Waals surface area contributed by atoms with Gasteiger partial charge in [0.1, 0.15) is 0 Å². The SMILES string of the molecule is CC(N)c1cccc(-c2ccc3ccccc3c2)c1. The monoisotopic (exact) mass is 247 g/mol. The zero-order valence-electron chi connectivity index (χ0n) is 11.0. The first-order chi connectivity index (χ1) is 9.24. The zero-order chi connectivity index (χ0) is 13.2. The van der Waals surface area contributed by atoms with Crippen molar-refractivity contribution in [1.29, 1.82) is 0 Å². The van der Waals surface area contributed by atoms with Crippen molar-refractivity contribution in [1.82, 2.24) is 0 Å². The van der Waals surface area contributed by atoms with E-state index in [0.717, 1.165) is 0 Å². The maximum Gasteiger partial charge on any atom is 0.0266 e. The van der Waals surface area contributed by atoms with Crippen LogP contribution in [-0.2, 0) is 0 Å². The summed E-state index contributed by atoms with van der Waals surface area (Å²) >= 11 is 0. The lowest BCUT2D eigenvalue weighted by Crippen LogP contribution is -2.04. The van der Waals surface area contributed by atoms with Gasteiger partial charge in [0.2, 0.25) is 0 Å². The van der Waals surface area contributed by atoms with Crippen LogP contribution < -0.4 is 5.73 Å². The smallest absolute Gasteiger partial charge is 0.0266 e. The lowest BCUT2D eigenvalue weighted by molar-refractivity contribution is 0.819. The minimum Gasteiger partial charge on any atom is -0.324 e. The molecule has 1 nitrogen and oxygen atoms in total. The summed E-state index contributed by atoms with van der Waals surface area (Å²) in [5, 5.41) is 2.54. The Morgan fingerprint density at radius 2 is 1.47 bits per heavy atom. The molecule has 0 aliphatic rings. The van der Waals surface area contributed by atoms with E-state index in [9.17, 15) is 0 Å². The molecule has 0 amide bonds. The highest BCUT2D eigenvalue weighted by Crippen LogP contribution is 2.26. The van der Waals surface area contributed by atoms with Crippen molar-refractivity contribution in [3.05, 3.63) is 72.3 Å². The van der Waals surface area contributed by atoms with Gasteiger partial charge in [-0.1, -0.05) is 54.6 Å². The molecule has 1 atom stereocenters. The van der Waals surface area contributed by atoms with Crippen LogP contribution in [0.1, 0.15) is 18.5 Å². The van der Waals surface area contributed by atoms with E-state index in [4.69, 9.17) is 5.73 Å². The van der Waals surface area contributed by atoms with Crippen LogP contribution in [0.3, 0.4) is 0 Å². The van der Waals surface area contributed by atoms with Crippen LogP contribution in [0.5, 0.6) is 0 Å². The third-order valence-electron chi connectivity index (χ3n) is 3.50. The first-order valence-corrected chi connectivity index (χ1v) is 6.59.